The van der Waals surface area contributed by atoms with Crippen molar-refractivity contribution in [1.29, 1.82) is 0 Å². The van der Waals surface area contributed by atoms with Crippen molar-refractivity contribution in [2.45, 2.75) is 39.8 Å². The summed E-state index contributed by atoms with van der Waals surface area (Å²) in [5, 5.41) is 0. The van der Waals surface area contributed by atoms with E-state index in [1.54, 1.807) is 4.90 Å². The van der Waals surface area contributed by atoms with Crippen LogP contribution < -0.4 is 0 Å². The molecule has 0 bridgehead atoms. The summed E-state index contributed by atoms with van der Waals surface area (Å²) in [5.74, 6) is 0.585. The molecule has 1 aromatic carbocycles. The van der Waals surface area contributed by atoms with Crippen LogP contribution in [0.4, 0.5) is 4.79 Å². The second kappa shape index (κ2) is 5.24. The lowest BCUT2D eigenvalue weighted by molar-refractivity contribution is 0.0880. The number of hydrogen-bond donors (Lipinski definition) is 0. The second-order valence-electron chi connectivity index (χ2n) is 6.19. The van der Waals surface area contributed by atoms with Gasteiger partial charge in [-0.05, 0) is 30.2 Å². The molecule has 0 heterocycles. The van der Waals surface area contributed by atoms with Crippen LogP contribution in [0.3, 0.4) is 0 Å². The number of benzene rings is 1. The van der Waals surface area contributed by atoms with E-state index >= 15 is 0 Å². The number of amides is 1. The fourth-order valence-electron chi connectivity index (χ4n) is 2.59. The van der Waals surface area contributed by atoms with Crippen LogP contribution in [0.1, 0.15) is 32.8 Å². The topological polar surface area (TPSA) is 29.5 Å². The van der Waals surface area contributed by atoms with Gasteiger partial charge in [-0.3, -0.25) is 0 Å². The first-order valence-corrected chi connectivity index (χ1v) is 6.85. The lowest BCUT2D eigenvalue weighted by Crippen LogP contribution is -2.37. The number of nitrogens with zero attached hydrogens (tertiary/aromatic N) is 1. The molecule has 0 saturated heterocycles. The van der Waals surface area contributed by atoms with Gasteiger partial charge in [-0.15, -0.1) is 0 Å². The van der Waals surface area contributed by atoms with E-state index in [1.807, 2.05) is 37.4 Å². The summed E-state index contributed by atoms with van der Waals surface area (Å²) in [6.45, 7) is 6.93. The molecule has 1 amide bonds. The molecule has 2 unspecified atom stereocenters. The molecule has 0 aromatic heterocycles. The highest BCUT2D eigenvalue weighted by molar-refractivity contribution is 5.67. The minimum Gasteiger partial charge on any atom is -0.445 e. The Morgan fingerprint density at radius 1 is 1.42 bits per heavy atom. The summed E-state index contributed by atoms with van der Waals surface area (Å²) >= 11 is 0. The maximum atomic E-state index is 12.0. The van der Waals surface area contributed by atoms with Crippen LogP contribution in [0.25, 0.3) is 0 Å². The van der Waals surface area contributed by atoms with Gasteiger partial charge in [-0.2, -0.15) is 0 Å². The van der Waals surface area contributed by atoms with Crippen LogP contribution in [-0.4, -0.2) is 24.1 Å². The van der Waals surface area contributed by atoms with E-state index in [9.17, 15) is 4.79 Å². The third kappa shape index (κ3) is 3.28. The molecule has 1 fully saturated rings. The third-order valence-electron chi connectivity index (χ3n) is 4.28. The lowest BCUT2D eigenvalue weighted by Gasteiger charge is -2.25. The predicted octanol–water partition coefficient (Wildman–Crippen LogP) is 3.69. The quantitative estimate of drug-likeness (QED) is 0.827. The molecule has 19 heavy (non-hydrogen) atoms. The van der Waals surface area contributed by atoms with Crippen molar-refractivity contribution in [2.24, 2.45) is 11.3 Å². The van der Waals surface area contributed by atoms with Gasteiger partial charge in [-0.25, -0.2) is 4.79 Å². The van der Waals surface area contributed by atoms with E-state index in [2.05, 4.69) is 20.8 Å². The monoisotopic (exact) mass is 261 g/mol. The van der Waals surface area contributed by atoms with Gasteiger partial charge in [0.15, 0.2) is 0 Å². The Kier molecular flexibility index (Phi) is 3.83. The number of carbonyl (C=O) groups excluding carboxylic acids is 1. The van der Waals surface area contributed by atoms with Crippen molar-refractivity contribution in [3.8, 4) is 0 Å². The molecule has 104 valence electrons. The van der Waals surface area contributed by atoms with Crippen LogP contribution in [0.5, 0.6) is 0 Å². The fraction of sp³-hybridized carbons (Fsp3) is 0.562. The van der Waals surface area contributed by atoms with Gasteiger partial charge in [0.25, 0.3) is 0 Å². The first-order valence-electron chi connectivity index (χ1n) is 6.85. The molecule has 1 aliphatic rings. The Balaban J connectivity index is 1.83. The Morgan fingerprint density at radius 2 is 2.00 bits per heavy atom. The molecule has 1 saturated carbocycles. The highest BCUT2D eigenvalue weighted by atomic mass is 16.6. The molecule has 0 spiro atoms. The molecule has 3 nitrogen and oxygen atoms in total. The van der Waals surface area contributed by atoms with Crippen LogP contribution in [0.15, 0.2) is 30.3 Å². The largest absolute Gasteiger partial charge is 0.445 e. The zero-order chi connectivity index (χ0) is 14.0. The Labute approximate surface area is 115 Å². The van der Waals surface area contributed by atoms with Crippen LogP contribution in [0, 0.1) is 11.3 Å². The Bertz CT molecular complexity index is 441. The van der Waals surface area contributed by atoms with E-state index in [0.29, 0.717) is 17.9 Å². The smallest absolute Gasteiger partial charge is 0.410 e. The van der Waals surface area contributed by atoms with Gasteiger partial charge in [0.2, 0.25) is 0 Å². The second-order valence-corrected chi connectivity index (χ2v) is 6.19. The van der Waals surface area contributed by atoms with Gasteiger partial charge >= 0.3 is 6.09 Å². The summed E-state index contributed by atoms with van der Waals surface area (Å²) in [6, 6.07) is 10.00. The van der Waals surface area contributed by atoms with Gasteiger partial charge in [-0.1, -0.05) is 44.2 Å². The Hall–Kier alpha value is -1.51. The number of hydrogen-bond acceptors (Lipinski definition) is 2. The maximum Gasteiger partial charge on any atom is 0.410 e. The fourth-order valence-corrected chi connectivity index (χ4v) is 2.59. The van der Waals surface area contributed by atoms with Crippen molar-refractivity contribution in [1.82, 2.24) is 4.90 Å². The highest BCUT2D eigenvalue weighted by Crippen LogP contribution is 2.54. The molecule has 0 radical (unpaired) electrons. The van der Waals surface area contributed by atoms with Gasteiger partial charge in [0.05, 0.1) is 0 Å². The average molecular weight is 261 g/mol. The molecule has 1 aromatic rings. The molecule has 2 atom stereocenters. The molecular weight excluding hydrogens is 238 g/mol. The van der Waals surface area contributed by atoms with Crippen molar-refractivity contribution < 1.29 is 9.53 Å². The van der Waals surface area contributed by atoms with Gasteiger partial charge in [0.1, 0.15) is 6.61 Å². The molecule has 0 N–H and O–H groups in total. The number of ether oxygens (including phenoxy) is 1. The van der Waals surface area contributed by atoms with Crippen LogP contribution in [0.2, 0.25) is 0 Å². The highest BCUT2D eigenvalue weighted by Gasteiger charge is 2.50. The SMILES string of the molecule is CC(C1CC1(C)C)N(C)C(=O)OCc1ccccc1. The first-order chi connectivity index (χ1) is 8.92. The van der Waals surface area contributed by atoms with Crippen molar-refractivity contribution in [2.75, 3.05) is 7.05 Å². The van der Waals surface area contributed by atoms with E-state index in [-0.39, 0.29) is 12.1 Å². The van der Waals surface area contributed by atoms with Gasteiger partial charge < -0.3 is 9.64 Å². The van der Waals surface area contributed by atoms with E-state index < -0.39 is 0 Å². The molecule has 1 aliphatic carbocycles. The summed E-state index contributed by atoms with van der Waals surface area (Å²) in [6.07, 6.45) is 0.948. The molecule has 0 aliphatic heterocycles. The van der Waals surface area contributed by atoms with Crippen molar-refractivity contribution >= 4 is 6.09 Å². The Morgan fingerprint density at radius 3 is 2.53 bits per heavy atom. The molecule has 2 rings (SSSR count). The summed E-state index contributed by atoms with van der Waals surface area (Å²) in [5.41, 5.74) is 1.39. The lowest BCUT2D eigenvalue weighted by atomic mass is 10.0. The average Bonchev–Trinajstić information content (AvgIpc) is 3.04. The number of carbonyl (C=O) groups is 1. The minimum absolute atomic E-state index is 0.235. The summed E-state index contributed by atoms with van der Waals surface area (Å²) < 4.78 is 5.34. The standard InChI is InChI=1S/C16H23NO2/c1-12(14-10-16(14,2)3)17(4)15(18)19-11-13-8-6-5-7-9-13/h5-9,12,14H,10-11H2,1-4H3. The first kappa shape index (κ1) is 13.9. The normalized spacial score (nSPS) is 21.6. The summed E-state index contributed by atoms with van der Waals surface area (Å²) in [4.78, 5) is 13.7. The molecule has 3 heteroatoms. The van der Waals surface area contributed by atoms with E-state index in [0.717, 1.165) is 5.56 Å². The predicted molar refractivity (Wildman–Crippen MR) is 75.7 cm³/mol. The van der Waals surface area contributed by atoms with Crippen LogP contribution in [-0.2, 0) is 11.3 Å². The maximum absolute atomic E-state index is 12.0. The zero-order valence-electron chi connectivity index (χ0n) is 12.2. The van der Waals surface area contributed by atoms with Crippen LogP contribution >= 0.6 is 0 Å². The van der Waals surface area contributed by atoms with E-state index in [4.69, 9.17) is 4.74 Å². The van der Waals surface area contributed by atoms with Crippen molar-refractivity contribution in [3.05, 3.63) is 35.9 Å². The third-order valence-corrected chi connectivity index (χ3v) is 4.28. The molecular formula is C16H23NO2. The minimum atomic E-state index is -0.237. The van der Waals surface area contributed by atoms with Gasteiger partial charge in [0, 0.05) is 13.1 Å². The summed E-state index contributed by atoms with van der Waals surface area (Å²) in [7, 11) is 1.83. The van der Waals surface area contributed by atoms with E-state index in [1.165, 1.54) is 6.42 Å². The van der Waals surface area contributed by atoms with Crippen molar-refractivity contribution in [3.63, 3.8) is 0 Å². The number of rotatable bonds is 4. The zero-order valence-corrected chi connectivity index (χ0v) is 12.2.